The highest BCUT2D eigenvalue weighted by Gasteiger charge is 2.56. The van der Waals surface area contributed by atoms with Gasteiger partial charge in [0.1, 0.15) is 0 Å². The number of nitrogens with zero attached hydrogens (tertiary/aromatic N) is 2. The number of H-pyrrole nitrogens is 1. The third-order valence-corrected chi connectivity index (χ3v) is 7.43. The van der Waals surface area contributed by atoms with E-state index in [-0.39, 0.29) is 24.3 Å². The van der Waals surface area contributed by atoms with Gasteiger partial charge in [0.2, 0.25) is 5.91 Å². The van der Waals surface area contributed by atoms with Crippen LogP contribution < -0.4 is 9.47 Å². The van der Waals surface area contributed by atoms with Crippen LogP contribution in [-0.4, -0.2) is 73.7 Å². The SMILES string of the molecule is CCCOc1ccc(C2CN3C(=O)CN(CCOC)C(=O)C3(C)c3[nH]c4ccccc4c32)cc1OC. The fraction of sp³-hybridized carbons (Fsp3) is 0.429. The summed E-state index contributed by atoms with van der Waals surface area (Å²) in [6, 6.07) is 14.0. The Kier molecular flexibility index (Phi) is 6.38. The molecule has 36 heavy (non-hydrogen) atoms. The lowest BCUT2D eigenvalue weighted by molar-refractivity contribution is -0.166. The Bertz CT molecular complexity index is 1300. The van der Waals surface area contributed by atoms with Crippen LogP contribution in [0.1, 0.15) is 43.0 Å². The standard InChI is InChI=1S/C28H33N3O5/c1-5-13-36-22-11-10-18(15-23(22)35-4)20-16-31-24(32)17-30(12-14-34-3)27(33)28(31,2)26-25(20)19-8-6-7-9-21(19)29-26/h6-11,15,20,29H,5,12-14,16-17H2,1-4H3. The summed E-state index contributed by atoms with van der Waals surface area (Å²) in [5, 5.41) is 1.05. The molecule has 1 N–H and O–H groups in total. The molecule has 2 atom stereocenters. The zero-order valence-corrected chi connectivity index (χ0v) is 21.3. The summed E-state index contributed by atoms with van der Waals surface area (Å²) in [6.07, 6.45) is 0.900. The number of aromatic amines is 1. The highest BCUT2D eigenvalue weighted by Crippen LogP contribution is 2.48. The number of fused-ring (bicyclic) bond motifs is 5. The maximum Gasteiger partial charge on any atom is 0.255 e. The molecule has 0 radical (unpaired) electrons. The Balaban J connectivity index is 1.66. The minimum Gasteiger partial charge on any atom is -0.493 e. The number of benzene rings is 2. The van der Waals surface area contributed by atoms with Crippen molar-refractivity contribution in [2.45, 2.75) is 31.7 Å². The molecule has 2 unspecified atom stereocenters. The van der Waals surface area contributed by atoms with Gasteiger partial charge >= 0.3 is 0 Å². The maximum absolute atomic E-state index is 13.9. The Hall–Kier alpha value is -3.52. The van der Waals surface area contributed by atoms with Crippen LogP contribution in [-0.2, 0) is 19.9 Å². The first-order valence-electron chi connectivity index (χ1n) is 12.4. The fourth-order valence-corrected chi connectivity index (χ4v) is 5.59. The van der Waals surface area contributed by atoms with Gasteiger partial charge in [0.15, 0.2) is 17.0 Å². The summed E-state index contributed by atoms with van der Waals surface area (Å²) < 4.78 is 16.7. The quantitative estimate of drug-likeness (QED) is 0.520. The first kappa shape index (κ1) is 24.2. The molecule has 8 nitrogen and oxygen atoms in total. The van der Waals surface area contributed by atoms with Crippen LogP contribution in [0.5, 0.6) is 11.5 Å². The van der Waals surface area contributed by atoms with Crippen LogP contribution in [0.3, 0.4) is 0 Å². The van der Waals surface area contributed by atoms with Gasteiger partial charge in [-0.05, 0) is 42.7 Å². The van der Waals surface area contributed by atoms with Gasteiger partial charge < -0.3 is 29.0 Å². The van der Waals surface area contributed by atoms with Crippen molar-refractivity contribution in [3.63, 3.8) is 0 Å². The minimum atomic E-state index is -1.12. The first-order valence-corrected chi connectivity index (χ1v) is 12.4. The van der Waals surface area contributed by atoms with E-state index < -0.39 is 5.54 Å². The van der Waals surface area contributed by atoms with Crippen molar-refractivity contribution in [1.82, 2.24) is 14.8 Å². The van der Waals surface area contributed by atoms with Gasteiger partial charge in [-0.15, -0.1) is 0 Å². The number of para-hydroxylation sites is 1. The number of ether oxygens (including phenoxy) is 3. The molecule has 0 spiro atoms. The van der Waals surface area contributed by atoms with E-state index in [0.717, 1.165) is 34.1 Å². The van der Waals surface area contributed by atoms with E-state index in [9.17, 15) is 9.59 Å². The number of methoxy groups -OCH3 is 2. The zero-order valence-electron chi connectivity index (χ0n) is 21.3. The molecule has 5 rings (SSSR count). The van der Waals surface area contributed by atoms with Gasteiger partial charge in [-0.25, -0.2) is 0 Å². The number of hydrogen-bond acceptors (Lipinski definition) is 5. The lowest BCUT2D eigenvalue weighted by Crippen LogP contribution is -2.67. The van der Waals surface area contributed by atoms with Crippen LogP contribution in [0.2, 0.25) is 0 Å². The predicted octanol–water partition coefficient (Wildman–Crippen LogP) is 3.64. The second-order valence-corrected chi connectivity index (χ2v) is 9.57. The van der Waals surface area contributed by atoms with Crippen LogP contribution >= 0.6 is 0 Å². The van der Waals surface area contributed by atoms with Gasteiger partial charge in [0.25, 0.3) is 5.91 Å². The van der Waals surface area contributed by atoms with Crippen molar-refractivity contribution in [3.05, 3.63) is 59.3 Å². The molecule has 2 aromatic carbocycles. The molecular weight excluding hydrogens is 458 g/mol. The van der Waals surface area contributed by atoms with Crippen molar-refractivity contribution in [1.29, 1.82) is 0 Å². The number of piperazine rings is 1. The number of amides is 2. The maximum atomic E-state index is 13.9. The number of rotatable bonds is 8. The predicted molar refractivity (Wildman–Crippen MR) is 136 cm³/mol. The lowest BCUT2D eigenvalue weighted by atomic mass is 9.76. The summed E-state index contributed by atoms with van der Waals surface area (Å²) in [4.78, 5) is 34.2. The zero-order chi connectivity index (χ0) is 25.4. The van der Waals surface area contributed by atoms with Crippen LogP contribution in [0, 0.1) is 0 Å². The van der Waals surface area contributed by atoms with Crippen LogP contribution in [0.25, 0.3) is 10.9 Å². The van der Waals surface area contributed by atoms with E-state index in [1.165, 1.54) is 0 Å². The van der Waals surface area contributed by atoms with Gasteiger partial charge in [0, 0.05) is 37.0 Å². The Labute approximate surface area is 211 Å². The highest BCUT2D eigenvalue weighted by atomic mass is 16.5. The highest BCUT2D eigenvalue weighted by molar-refractivity contribution is 6.01. The number of nitrogens with one attached hydrogen (secondary N) is 1. The van der Waals surface area contributed by atoms with Gasteiger partial charge in [0.05, 0.1) is 32.6 Å². The Morgan fingerprint density at radius 2 is 1.89 bits per heavy atom. The minimum absolute atomic E-state index is 0.0488. The van der Waals surface area contributed by atoms with Crippen molar-refractivity contribution in [2.75, 3.05) is 47.1 Å². The van der Waals surface area contributed by atoms with E-state index in [1.807, 2.05) is 43.3 Å². The molecule has 0 aliphatic carbocycles. The van der Waals surface area contributed by atoms with E-state index in [4.69, 9.17) is 14.2 Å². The largest absolute Gasteiger partial charge is 0.493 e. The van der Waals surface area contributed by atoms with Crippen molar-refractivity contribution in [3.8, 4) is 11.5 Å². The van der Waals surface area contributed by atoms with E-state index >= 15 is 0 Å². The van der Waals surface area contributed by atoms with Crippen molar-refractivity contribution in [2.24, 2.45) is 0 Å². The average Bonchev–Trinajstić information content (AvgIpc) is 3.29. The normalized spacial score (nSPS) is 21.5. The summed E-state index contributed by atoms with van der Waals surface area (Å²) in [7, 11) is 3.23. The molecule has 2 aliphatic heterocycles. The molecule has 190 valence electrons. The summed E-state index contributed by atoms with van der Waals surface area (Å²) in [6.45, 7) is 5.72. The second kappa shape index (κ2) is 9.50. The number of carbonyl (C=O) groups excluding carboxylic acids is 2. The summed E-state index contributed by atoms with van der Waals surface area (Å²) in [5.41, 5.74) is 2.64. The third-order valence-electron chi connectivity index (χ3n) is 7.43. The first-order chi connectivity index (χ1) is 17.4. The molecule has 0 bridgehead atoms. The van der Waals surface area contributed by atoms with E-state index in [1.54, 1.807) is 24.0 Å². The number of hydrogen-bond donors (Lipinski definition) is 1. The summed E-state index contributed by atoms with van der Waals surface area (Å²) >= 11 is 0. The smallest absolute Gasteiger partial charge is 0.255 e. The molecule has 1 fully saturated rings. The average molecular weight is 492 g/mol. The van der Waals surface area contributed by atoms with Gasteiger partial charge in [-0.1, -0.05) is 31.2 Å². The Morgan fingerprint density at radius 3 is 2.64 bits per heavy atom. The number of aromatic nitrogens is 1. The second-order valence-electron chi connectivity index (χ2n) is 9.57. The molecule has 1 saturated heterocycles. The molecule has 3 heterocycles. The molecule has 8 heteroatoms. The molecule has 0 saturated carbocycles. The topological polar surface area (TPSA) is 84.1 Å². The van der Waals surface area contributed by atoms with Crippen molar-refractivity contribution >= 4 is 22.7 Å². The van der Waals surface area contributed by atoms with Crippen LogP contribution in [0.15, 0.2) is 42.5 Å². The van der Waals surface area contributed by atoms with Gasteiger partial charge in [-0.3, -0.25) is 9.59 Å². The monoisotopic (exact) mass is 491 g/mol. The molecule has 2 amide bonds. The van der Waals surface area contributed by atoms with Crippen molar-refractivity contribution < 1.29 is 23.8 Å². The van der Waals surface area contributed by atoms with E-state index in [2.05, 4.69) is 18.0 Å². The van der Waals surface area contributed by atoms with Gasteiger partial charge in [-0.2, -0.15) is 0 Å². The number of carbonyl (C=O) groups is 2. The Morgan fingerprint density at radius 1 is 1.08 bits per heavy atom. The van der Waals surface area contributed by atoms with E-state index in [0.29, 0.717) is 37.8 Å². The van der Waals surface area contributed by atoms with Crippen LogP contribution in [0.4, 0.5) is 0 Å². The molecular formula is C28H33N3O5. The third kappa shape index (κ3) is 3.71. The molecule has 2 aliphatic rings. The lowest BCUT2D eigenvalue weighted by Gasteiger charge is -2.51. The molecule has 3 aromatic rings. The summed E-state index contributed by atoms with van der Waals surface area (Å²) in [5.74, 6) is 1.05. The fourth-order valence-electron chi connectivity index (χ4n) is 5.59. The molecule has 1 aromatic heterocycles.